The maximum atomic E-state index is 10.2. The second-order valence-electron chi connectivity index (χ2n) is 7.61. The predicted octanol–water partition coefficient (Wildman–Crippen LogP) is 4.15. The first kappa shape index (κ1) is 20.8. The lowest BCUT2D eigenvalue weighted by atomic mass is 9.81. The first-order valence-electron chi connectivity index (χ1n) is 9.02. The lowest BCUT2D eigenvalue weighted by Crippen LogP contribution is -2.48. The van der Waals surface area contributed by atoms with Crippen LogP contribution in [0, 0.1) is 11.3 Å². The fourth-order valence-corrected chi connectivity index (χ4v) is 2.36. The number of allylic oxidation sites excluding steroid dienone is 5. The highest BCUT2D eigenvalue weighted by Crippen LogP contribution is 2.26. The zero-order valence-electron chi connectivity index (χ0n) is 16.6. The smallest absolute Gasteiger partial charge is 0.309 e. The van der Waals surface area contributed by atoms with Gasteiger partial charge in [0.2, 0.25) is 0 Å². The van der Waals surface area contributed by atoms with Crippen molar-refractivity contribution >= 4 is 13.2 Å². The Bertz CT molecular complexity index is 823. The molecule has 140 valence electrons. The van der Waals surface area contributed by atoms with E-state index in [1.807, 2.05) is 61.4 Å². The molecule has 1 aliphatic rings. The molecule has 1 heterocycles. The lowest BCUT2D eigenvalue weighted by Gasteiger charge is -2.37. The highest BCUT2D eigenvalue weighted by molar-refractivity contribution is 6.39. The van der Waals surface area contributed by atoms with E-state index in [1.165, 1.54) is 0 Å². The summed E-state index contributed by atoms with van der Waals surface area (Å²) in [5.41, 5.74) is 1.70. The van der Waals surface area contributed by atoms with Crippen molar-refractivity contribution in [2.75, 3.05) is 4.90 Å². The van der Waals surface area contributed by atoms with E-state index in [9.17, 15) is 5.11 Å². The molecule has 5 heteroatoms. The molecule has 0 atom stereocenters. The van der Waals surface area contributed by atoms with Crippen molar-refractivity contribution in [1.29, 1.82) is 5.26 Å². The standard InChI is InChI=1S/C22H27BN2O2/c1-17-12-13-19(23-27-22(4,5)21(2,3)26)10-6-7-14-25(17)20-11-8-9-18(15-20)16-24/h7-15,23,26H,1,6H2,2-5H3/b13-12-,14-7-,19-10+. The van der Waals surface area contributed by atoms with Crippen LogP contribution in [0.25, 0.3) is 0 Å². The molecule has 0 spiro atoms. The van der Waals surface area contributed by atoms with Gasteiger partial charge in [-0.2, -0.15) is 5.26 Å². The monoisotopic (exact) mass is 362 g/mol. The molecule has 0 radical (unpaired) electrons. The average molecular weight is 362 g/mol. The van der Waals surface area contributed by atoms with Crippen molar-refractivity contribution in [2.24, 2.45) is 0 Å². The molecule has 1 N–H and O–H groups in total. The van der Waals surface area contributed by atoms with E-state index in [0.717, 1.165) is 23.3 Å². The van der Waals surface area contributed by atoms with E-state index >= 15 is 0 Å². The van der Waals surface area contributed by atoms with Crippen molar-refractivity contribution < 1.29 is 9.76 Å². The third kappa shape index (κ3) is 5.46. The summed E-state index contributed by atoms with van der Waals surface area (Å²) in [6, 6.07) is 9.60. The van der Waals surface area contributed by atoms with Gasteiger partial charge >= 0.3 is 7.48 Å². The van der Waals surface area contributed by atoms with Gasteiger partial charge in [-0.1, -0.05) is 36.3 Å². The Morgan fingerprint density at radius 3 is 2.67 bits per heavy atom. The van der Waals surface area contributed by atoms with E-state index in [1.54, 1.807) is 19.9 Å². The fraction of sp³-hybridized carbons (Fsp3) is 0.318. The molecule has 2 rings (SSSR count). The minimum absolute atomic E-state index is 0.401. The van der Waals surface area contributed by atoms with Crippen molar-refractivity contribution in [3.63, 3.8) is 0 Å². The van der Waals surface area contributed by atoms with Gasteiger partial charge < -0.3 is 14.7 Å². The summed E-state index contributed by atoms with van der Waals surface area (Å²) in [7, 11) is 0.401. The van der Waals surface area contributed by atoms with Crippen LogP contribution in [0.1, 0.15) is 39.7 Å². The van der Waals surface area contributed by atoms with Crippen molar-refractivity contribution in [3.8, 4) is 6.07 Å². The molecule has 4 nitrogen and oxygen atoms in total. The summed E-state index contributed by atoms with van der Waals surface area (Å²) in [6.07, 6.45) is 10.8. The van der Waals surface area contributed by atoms with Crippen molar-refractivity contribution in [2.45, 2.75) is 45.3 Å². The molecular weight excluding hydrogens is 335 g/mol. The van der Waals surface area contributed by atoms with Gasteiger partial charge in [0.25, 0.3) is 0 Å². The van der Waals surface area contributed by atoms with Gasteiger partial charge in [0, 0.05) is 17.6 Å². The van der Waals surface area contributed by atoms with Crippen molar-refractivity contribution in [3.05, 3.63) is 78.1 Å². The number of nitriles is 1. The molecule has 1 aromatic carbocycles. The Morgan fingerprint density at radius 2 is 2.00 bits per heavy atom. The largest absolute Gasteiger partial charge is 0.427 e. The van der Waals surface area contributed by atoms with E-state index in [4.69, 9.17) is 9.92 Å². The van der Waals surface area contributed by atoms with Crippen LogP contribution in [0.2, 0.25) is 0 Å². The third-order valence-corrected chi connectivity index (χ3v) is 4.90. The minimum Gasteiger partial charge on any atom is -0.427 e. The van der Waals surface area contributed by atoms with Gasteiger partial charge in [0.15, 0.2) is 0 Å². The summed E-state index contributed by atoms with van der Waals surface area (Å²) in [4.78, 5) is 1.95. The Hall–Kier alpha value is -2.55. The van der Waals surface area contributed by atoms with E-state index in [0.29, 0.717) is 13.0 Å². The van der Waals surface area contributed by atoms with E-state index in [-0.39, 0.29) is 0 Å². The van der Waals surface area contributed by atoms with Crippen LogP contribution < -0.4 is 4.90 Å². The van der Waals surface area contributed by atoms with Crippen LogP contribution in [-0.4, -0.2) is 23.8 Å². The maximum absolute atomic E-state index is 10.2. The summed E-state index contributed by atoms with van der Waals surface area (Å²) in [5, 5.41) is 19.4. The number of nitrogens with zero attached hydrogens (tertiary/aromatic N) is 2. The molecule has 1 aromatic rings. The van der Waals surface area contributed by atoms with Gasteiger partial charge in [0.05, 0.1) is 22.8 Å². The molecule has 1 aliphatic heterocycles. The molecule has 0 saturated heterocycles. The lowest BCUT2D eigenvalue weighted by molar-refractivity contribution is -0.0896. The number of aliphatic hydroxyl groups is 1. The van der Waals surface area contributed by atoms with Crippen LogP contribution in [0.5, 0.6) is 0 Å². The third-order valence-electron chi connectivity index (χ3n) is 4.90. The normalized spacial score (nSPS) is 19.8. The second-order valence-corrected chi connectivity index (χ2v) is 7.61. The SMILES string of the molecule is C=C1/C=C\C(BOC(C)(C)C(C)(C)O)=C/C/C=C\N1c1cccc(C#N)c1. The molecule has 0 aliphatic carbocycles. The molecule has 0 bridgehead atoms. The molecule has 0 amide bonds. The number of benzene rings is 1. The van der Waals surface area contributed by atoms with Crippen LogP contribution >= 0.6 is 0 Å². The van der Waals surface area contributed by atoms with E-state index < -0.39 is 11.2 Å². The number of hydrogen-bond donors (Lipinski definition) is 1. The molecule has 0 unspecified atom stereocenters. The fourth-order valence-electron chi connectivity index (χ4n) is 2.36. The number of hydrogen-bond acceptors (Lipinski definition) is 4. The highest BCUT2D eigenvalue weighted by atomic mass is 16.5. The van der Waals surface area contributed by atoms with Gasteiger partial charge in [-0.3, -0.25) is 0 Å². The molecule has 0 aromatic heterocycles. The molecule has 27 heavy (non-hydrogen) atoms. The highest BCUT2D eigenvalue weighted by Gasteiger charge is 2.35. The summed E-state index contributed by atoms with van der Waals surface area (Å²) < 4.78 is 5.97. The zero-order chi connectivity index (χ0) is 20.1. The molecular formula is C22H27BN2O2. The average Bonchev–Trinajstić information content (AvgIpc) is 2.70. The predicted molar refractivity (Wildman–Crippen MR) is 112 cm³/mol. The maximum Gasteiger partial charge on any atom is 0.309 e. The zero-order valence-corrected chi connectivity index (χ0v) is 16.6. The number of anilines is 1. The van der Waals surface area contributed by atoms with Crippen molar-refractivity contribution in [1.82, 2.24) is 0 Å². The minimum atomic E-state index is -0.943. The topological polar surface area (TPSA) is 56.5 Å². The molecule has 0 fully saturated rings. The first-order valence-corrected chi connectivity index (χ1v) is 9.02. The summed E-state index contributed by atoms with van der Waals surface area (Å²) in [6.45, 7) is 11.4. The van der Waals surface area contributed by atoms with Gasteiger partial charge in [0.1, 0.15) is 0 Å². The number of rotatable bonds is 5. The molecule has 0 saturated carbocycles. The Balaban J connectivity index is 2.16. The summed E-state index contributed by atoms with van der Waals surface area (Å²) in [5.74, 6) is 0. The quantitative estimate of drug-likeness (QED) is 0.800. The van der Waals surface area contributed by atoms with Gasteiger partial charge in [-0.05, 0) is 58.4 Å². The van der Waals surface area contributed by atoms with Gasteiger partial charge in [-0.25, -0.2) is 0 Å². The van der Waals surface area contributed by atoms with Crippen LogP contribution in [0.15, 0.2) is 72.5 Å². The summed E-state index contributed by atoms with van der Waals surface area (Å²) >= 11 is 0. The second kappa shape index (κ2) is 8.43. The van der Waals surface area contributed by atoms with Gasteiger partial charge in [-0.15, -0.1) is 0 Å². The van der Waals surface area contributed by atoms with E-state index in [2.05, 4.69) is 18.7 Å². The Morgan fingerprint density at radius 1 is 1.26 bits per heavy atom. The van der Waals surface area contributed by atoms with Crippen LogP contribution in [0.4, 0.5) is 5.69 Å². The van der Waals surface area contributed by atoms with Crippen LogP contribution in [0.3, 0.4) is 0 Å². The Labute approximate surface area is 163 Å². The van der Waals surface area contributed by atoms with Crippen LogP contribution in [-0.2, 0) is 4.65 Å². The Kier molecular flexibility index (Phi) is 6.48. The first-order chi connectivity index (χ1) is 12.6.